The minimum Gasteiger partial charge on any atom is -0.756 e. The second kappa shape index (κ2) is 32.5. The van der Waals surface area contributed by atoms with Gasteiger partial charge in [0.2, 0.25) is 0 Å². The molecule has 0 aliphatic rings. The highest BCUT2D eigenvalue weighted by Gasteiger charge is 2.34. The molecular formula is C34H74O4P2. The van der Waals surface area contributed by atoms with Crippen LogP contribution in [0.1, 0.15) is 182 Å². The van der Waals surface area contributed by atoms with E-state index in [1.807, 2.05) is 0 Å². The van der Waals surface area contributed by atoms with E-state index < -0.39 is 15.1 Å². The first-order valence-corrected chi connectivity index (χ1v) is 21.6. The van der Waals surface area contributed by atoms with Gasteiger partial charge >= 0.3 is 0 Å². The van der Waals surface area contributed by atoms with Crippen molar-refractivity contribution in [3.05, 3.63) is 0 Å². The molecule has 0 bridgehead atoms. The largest absolute Gasteiger partial charge is 0.756 e. The fourth-order valence-electron chi connectivity index (χ4n) is 5.66. The number of unbranched alkanes of at least 4 members (excludes halogenated alkanes) is 20. The second-order valence-corrected chi connectivity index (χ2v) is 18.2. The first-order valence-electron chi connectivity index (χ1n) is 17.6. The monoisotopic (exact) mass is 609 g/mol. The van der Waals surface area contributed by atoms with Crippen molar-refractivity contribution >= 4 is 15.1 Å². The van der Waals surface area contributed by atoms with Crippen LogP contribution in [0.3, 0.4) is 0 Å². The number of rotatable bonds is 30. The van der Waals surface area contributed by atoms with Crippen LogP contribution in [0.5, 0.6) is 0 Å². The maximum Gasteiger partial charge on any atom is 0.267 e. The van der Waals surface area contributed by atoms with Gasteiger partial charge in [0, 0.05) is 21.5 Å². The third kappa shape index (κ3) is 30.0. The summed E-state index contributed by atoms with van der Waals surface area (Å²) in [6, 6.07) is 0. The Morgan fingerprint density at radius 1 is 0.425 bits per heavy atom. The molecule has 244 valence electrons. The van der Waals surface area contributed by atoms with Crippen molar-refractivity contribution in [3.8, 4) is 0 Å². The smallest absolute Gasteiger partial charge is 0.267 e. The molecule has 0 aromatic rings. The summed E-state index contributed by atoms with van der Waals surface area (Å²) >= 11 is 0. The molecule has 4 nitrogen and oxygen atoms in total. The molecule has 40 heavy (non-hydrogen) atoms. The van der Waals surface area contributed by atoms with E-state index in [1.165, 1.54) is 128 Å². The molecule has 0 fully saturated rings. The molecule has 0 N–H and O–H groups in total. The van der Waals surface area contributed by atoms with Gasteiger partial charge in [-0.05, 0) is 51.4 Å². The Bertz CT molecular complexity index is 491. The van der Waals surface area contributed by atoms with Crippen molar-refractivity contribution in [2.24, 2.45) is 0 Å². The molecule has 0 heterocycles. The lowest BCUT2D eigenvalue weighted by molar-refractivity contribution is -0.220. The Labute approximate surface area is 253 Å². The van der Waals surface area contributed by atoms with Crippen molar-refractivity contribution in [1.29, 1.82) is 0 Å². The summed E-state index contributed by atoms with van der Waals surface area (Å²) in [4.78, 5) is 9.95. The molecule has 0 aromatic carbocycles. The summed E-state index contributed by atoms with van der Waals surface area (Å²) in [6.07, 6.45) is 42.1. The zero-order valence-corrected chi connectivity index (χ0v) is 30.1. The maximum atomic E-state index is 9.95. The first-order chi connectivity index (χ1) is 19.4. The summed E-state index contributed by atoms with van der Waals surface area (Å²) < 4.78 is 17.7. The number of phosphoric ester groups is 1. The molecule has 0 aliphatic carbocycles. The molecule has 6 heteroatoms. The van der Waals surface area contributed by atoms with Crippen LogP contribution in [-0.2, 0) is 13.6 Å². The average molecular weight is 609 g/mol. The highest BCUT2D eigenvalue weighted by atomic mass is 31.2. The van der Waals surface area contributed by atoms with Crippen LogP contribution in [0.25, 0.3) is 0 Å². The fraction of sp³-hybridized carbons (Fsp3) is 1.00. The Morgan fingerprint density at radius 2 is 0.625 bits per heavy atom. The van der Waals surface area contributed by atoms with Crippen molar-refractivity contribution in [3.63, 3.8) is 0 Å². The Morgan fingerprint density at radius 3 is 0.825 bits per heavy atom. The molecule has 0 saturated heterocycles. The van der Waals surface area contributed by atoms with E-state index in [9.17, 15) is 9.46 Å². The van der Waals surface area contributed by atoms with Gasteiger partial charge in [-0.3, -0.25) is 4.57 Å². The third-order valence-corrected chi connectivity index (χ3v) is 14.3. The van der Waals surface area contributed by atoms with Gasteiger partial charge in [-0.15, -0.1) is 0 Å². The fourth-order valence-corrected chi connectivity index (χ4v) is 10.7. The summed E-state index contributed by atoms with van der Waals surface area (Å²) in [5, 5.41) is 0. The van der Waals surface area contributed by atoms with Gasteiger partial charge in [0.15, 0.2) is 0 Å². The maximum absolute atomic E-state index is 9.95. The Balaban J connectivity index is 0. The van der Waals surface area contributed by atoms with E-state index in [-0.39, 0.29) is 0 Å². The molecule has 0 radical (unpaired) electrons. The predicted octanol–water partition coefficient (Wildman–Crippen LogP) is 12.2. The van der Waals surface area contributed by atoms with E-state index in [2.05, 4.69) is 36.7 Å². The van der Waals surface area contributed by atoms with Crippen LogP contribution in [0, 0.1) is 0 Å². The predicted molar refractivity (Wildman–Crippen MR) is 182 cm³/mol. The molecule has 0 saturated carbocycles. The second-order valence-electron chi connectivity index (χ2n) is 12.1. The van der Waals surface area contributed by atoms with Crippen LogP contribution in [0.2, 0.25) is 0 Å². The zero-order chi connectivity index (χ0) is 30.2. The lowest BCUT2D eigenvalue weighted by atomic mass is 10.1. The number of hydrogen-bond acceptors (Lipinski definition) is 4. The lowest BCUT2D eigenvalue weighted by Gasteiger charge is -2.28. The van der Waals surface area contributed by atoms with Gasteiger partial charge in [-0.1, -0.05) is 130 Å². The normalized spacial score (nSPS) is 12.0. The molecule has 0 aliphatic heterocycles. The molecule has 0 amide bonds. The highest BCUT2D eigenvalue weighted by Crippen LogP contribution is 2.61. The van der Waals surface area contributed by atoms with E-state index in [0.29, 0.717) is 0 Å². The summed E-state index contributed by atoms with van der Waals surface area (Å²) in [6.45, 7) is 9.41. The van der Waals surface area contributed by atoms with Crippen LogP contribution in [-0.4, -0.2) is 38.9 Å². The van der Waals surface area contributed by atoms with Crippen LogP contribution in [0.15, 0.2) is 0 Å². The topological polar surface area (TPSA) is 58.6 Å². The molecule has 0 unspecified atom stereocenters. The van der Waals surface area contributed by atoms with Gasteiger partial charge in [0.25, 0.3) is 7.82 Å². The summed E-state index contributed by atoms with van der Waals surface area (Å²) in [5.41, 5.74) is 0. The zero-order valence-electron chi connectivity index (χ0n) is 28.3. The number of hydrogen-bond donors (Lipinski definition) is 0. The SMILES string of the molecule is CCCCCCCCCCCCCC[P+](CCCCCC)(CCCCCC)CCCCCC.COP(=O)([O-])OC. The molecule has 0 atom stereocenters. The van der Waals surface area contributed by atoms with Crippen LogP contribution < -0.4 is 4.89 Å². The van der Waals surface area contributed by atoms with E-state index in [0.717, 1.165) is 14.2 Å². The number of phosphoric acid groups is 1. The Hall–Kier alpha value is 0.540. The van der Waals surface area contributed by atoms with Gasteiger partial charge in [0.05, 0.1) is 24.6 Å². The average Bonchev–Trinajstić information content (AvgIpc) is 2.96. The molecule has 0 aromatic heterocycles. The minimum atomic E-state index is -3.90. The Kier molecular flexibility index (Phi) is 34.6. The molecular weight excluding hydrogens is 534 g/mol. The lowest BCUT2D eigenvalue weighted by Crippen LogP contribution is -2.13. The summed E-state index contributed by atoms with van der Waals surface area (Å²) in [7, 11) is -2.52. The highest BCUT2D eigenvalue weighted by molar-refractivity contribution is 7.75. The standard InChI is InChI=1S/C32H68P.C2H7O4P/c1-5-9-13-17-18-19-20-21-22-23-24-28-32-33(29-25-14-10-6-2,30-26-15-11-7-3)31-27-16-12-8-4;1-5-7(3,4)6-2/h5-32H2,1-4H3;1-2H3,(H,3,4)/q+1;/p-1. The van der Waals surface area contributed by atoms with Crippen molar-refractivity contribution in [2.45, 2.75) is 182 Å². The molecule has 0 rings (SSSR count). The van der Waals surface area contributed by atoms with Crippen molar-refractivity contribution in [1.82, 2.24) is 0 Å². The third-order valence-electron chi connectivity index (χ3n) is 8.39. The van der Waals surface area contributed by atoms with Crippen molar-refractivity contribution in [2.75, 3.05) is 38.9 Å². The quantitative estimate of drug-likeness (QED) is 0.0601. The van der Waals surface area contributed by atoms with Crippen molar-refractivity contribution < 1.29 is 18.5 Å². The first kappa shape index (κ1) is 42.7. The minimum absolute atomic E-state index is 0.697. The van der Waals surface area contributed by atoms with Gasteiger partial charge < -0.3 is 13.9 Å². The van der Waals surface area contributed by atoms with Crippen LogP contribution in [0.4, 0.5) is 0 Å². The van der Waals surface area contributed by atoms with Crippen LogP contribution >= 0.6 is 15.1 Å². The molecule has 0 spiro atoms. The van der Waals surface area contributed by atoms with E-state index in [1.54, 1.807) is 50.3 Å². The van der Waals surface area contributed by atoms with E-state index >= 15 is 0 Å². The van der Waals surface area contributed by atoms with Gasteiger partial charge in [-0.25, -0.2) is 0 Å². The van der Waals surface area contributed by atoms with Gasteiger partial charge in [-0.2, -0.15) is 0 Å². The van der Waals surface area contributed by atoms with E-state index in [4.69, 9.17) is 0 Å². The summed E-state index contributed by atoms with van der Waals surface area (Å²) in [5.74, 6) is 0. The van der Waals surface area contributed by atoms with Gasteiger partial charge in [0.1, 0.15) is 0 Å².